The van der Waals surface area contributed by atoms with Gasteiger partial charge in [0.1, 0.15) is 17.8 Å². The van der Waals surface area contributed by atoms with Crippen LogP contribution in [0.2, 0.25) is 0 Å². The fourth-order valence-corrected chi connectivity index (χ4v) is 2.11. The van der Waals surface area contributed by atoms with Gasteiger partial charge in [-0.25, -0.2) is 4.98 Å². The molecule has 0 unspecified atom stereocenters. The Bertz CT molecular complexity index is 870. The number of hydrogen-bond donors (Lipinski definition) is 1. The molecule has 3 aromatic rings. The molecule has 0 radical (unpaired) electrons. The molecule has 126 valence electrons. The molecule has 0 amide bonds. The fourth-order valence-electron chi connectivity index (χ4n) is 2.11. The van der Waals surface area contributed by atoms with Crippen molar-refractivity contribution in [3.63, 3.8) is 0 Å². The molecule has 3 rings (SSSR count). The molecule has 0 aliphatic carbocycles. The minimum Gasteiger partial charge on any atom is -0.497 e. The van der Waals surface area contributed by atoms with Gasteiger partial charge in [-0.1, -0.05) is 18.2 Å². The lowest BCUT2D eigenvalue weighted by Crippen LogP contribution is -2.03. The molecular weight excluding hydrogens is 324 g/mol. The number of anilines is 2. The van der Waals surface area contributed by atoms with E-state index in [-0.39, 0.29) is 17.4 Å². The van der Waals surface area contributed by atoms with Gasteiger partial charge >= 0.3 is 11.6 Å². The monoisotopic (exact) mass is 338 g/mol. The van der Waals surface area contributed by atoms with Crippen LogP contribution in [-0.4, -0.2) is 22.0 Å². The molecule has 1 N–H and O–H groups in total. The second kappa shape index (κ2) is 7.26. The molecule has 0 saturated carbocycles. The second-order valence-electron chi connectivity index (χ2n) is 4.90. The smallest absolute Gasteiger partial charge is 0.373 e. The number of nitrogens with one attached hydrogen (secondary N) is 1. The first kappa shape index (κ1) is 16.2. The first-order chi connectivity index (χ1) is 12.2. The van der Waals surface area contributed by atoms with E-state index in [4.69, 9.17) is 9.47 Å². The third-order valence-electron chi connectivity index (χ3n) is 3.28. The van der Waals surface area contributed by atoms with Gasteiger partial charge in [-0.2, -0.15) is 4.98 Å². The summed E-state index contributed by atoms with van der Waals surface area (Å²) < 4.78 is 10.6. The van der Waals surface area contributed by atoms with Gasteiger partial charge in [-0.15, -0.1) is 0 Å². The number of nitrogens with zero attached hydrogens (tertiary/aromatic N) is 3. The average molecular weight is 338 g/mol. The number of methoxy groups -OCH3 is 1. The van der Waals surface area contributed by atoms with Gasteiger partial charge in [0.15, 0.2) is 0 Å². The van der Waals surface area contributed by atoms with Gasteiger partial charge in [0.25, 0.3) is 0 Å². The predicted molar refractivity (Wildman–Crippen MR) is 91.5 cm³/mol. The van der Waals surface area contributed by atoms with E-state index in [1.807, 2.05) is 18.2 Å². The summed E-state index contributed by atoms with van der Waals surface area (Å²) in [6.45, 7) is 0. The zero-order valence-electron chi connectivity index (χ0n) is 13.2. The van der Waals surface area contributed by atoms with Crippen molar-refractivity contribution in [1.29, 1.82) is 0 Å². The Morgan fingerprint density at radius 3 is 2.32 bits per heavy atom. The molecule has 1 aromatic heterocycles. The summed E-state index contributed by atoms with van der Waals surface area (Å²) in [6, 6.07) is 15.7. The van der Waals surface area contributed by atoms with Crippen molar-refractivity contribution < 1.29 is 14.4 Å². The Hall–Kier alpha value is -3.68. The van der Waals surface area contributed by atoms with Crippen molar-refractivity contribution in [1.82, 2.24) is 9.97 Å². The summed E-state index contributed by atoms with van der Waals surface area (Å²) in [6.07, 6.45) is 1.21. The van der Waals surface area contributed by atoms with Crippen molar-refractivity contribution in [2.24, 2.45) is 0 Å². The summed E-state index contributed by atoms with van der Waals surface area (Å²) in [4.78, 5) is 18.8. The van der Waals surface area contributed by atoms with Crippen LogP contribution in [-0.2, 0) is 0 Å². The van der Waals surface area contributed by atoms with E-state index in [2.05, 4.69) is 15.3 Å². The normalized spacial score (nSPS) is 10.1. The van der Waals surface area contributed by atoms with Crippen LogP contribution in [0.5, 0.6) is 17.4 Å². The number of ether oxygens (including phenoxy) is 2. The van der Waals surface area contributed by atoms with Gasteiger partial charge in [0.05, 0.1) is 12.0 Å². The summed E-state index contributed by atoms with van der Waals surface area (Å²) in [7, 11) is 1.55. The van der Waals surface area contributed by atoms with Crippen LogP contribution >= 0.6 is 0 Å². The van der Waals surface area contributed by atoms with E-state index < -0.39 is 4.92 Å². The first-order valence-corrected chi connectivity index (χ1v) is 7.31. The molecule has 0 atom stereocenters. The third kappa shape index (κ3) is 3.81. The van der Waals surface area contributed by atoms with E-state index in [0.717, 1.165) is 0 Å². The van der Waals surface area contributed by atoms with Crippen molar-refractivity contribution in [2.45, 2.75) is 0 Å². The highest BCUT2D eigenvalue weighted by Gasteiger charge is 2.25. The summed E-state index contributed by atoms with van der Waals surface area (Å²) in [5, 5.41) is 14.4. The van der Waals surface area contributed by atoms with Crippen LogP contribution in [0, 0.1) is 10.1 Å². The lowest BCUT2D eigenvalue weighted by Gasteiger charge is -2.09. The number of hydrogen-bond acceptors (Lipinski definition) is 7. The van der Waals surface area contributed by atoms with Gasteiger partial charge in [-0.3, -0.25) is 10.1 Å². The molecule has 0 fully saturated rings. The molecule has 0 aliphatic rings. The van der Waals surface area contributed by atoms with Crippen molar-refractivity contribution in [3.8, 4) is 17.4 Å². The zero-order chi connectivity index (χ0) is 17.6. The highest BCUT2D eigenvalue weighted by Crippen LogP contribution is 2.35. The van der Waals surface area contributed by atoms with Crippen LogP contribution in [0.15, 0.2) is 60.9 Å². The van der Waals surface area contributed by atoms with Gasteiger partial charge in [-0.05, 0) is 36.4 Å². The maximum atomic E-state index is 11.5. The molecule has 8 nitrogen and oxygen atoms in total. The first-order valence-electron chi connectivity index (χ1n) is 7.31. The highest BCUT2D eigenvalue weighted by molar-refractivity contribution is 5.68. The van der Waals surface area contributed by atoms with E-state index in [1.54, 1.807) is 43.5 Å². The number of benzene rings is 2. The van der Waals surface area contributed by atoms with Crippen LogP contribution in [0.1, 0.15) is 0 Å². The Balaban J connectivity index is 1.93. The van der Waals surface area contributed by atoms with Crippen molar-refractivity contribution in [3.05, 3.63) is 71.0 Å². The molecule has 0 bridgehead atoms. The van der Waals surface area contributed by atoms with Crippen LogP contribution < -0.4 is 14.8 Å². The molecular formula is C17H14N4O4. The SMILES string of the molecule is COc1ccc(Oc2ncnc(Nc3ccccc3)c2[N+](=O)[O-])cc1. The number of rotatable bonds is 6. The Labute approximate surface area is 143 Å². The minimum atomic E-state index is -0.579. The quantitative estimate of drug-likeness (QED) is 0.537. The van der Waals surface area contributed by atoms with Crippen molar-refractivity contribution in [2.75, 3.05) is 12.4 Å². The molecule has 1 heterocycles. The Morgan fingerprint density at radius 2 is 1.68 bits per heavy atom. The lowest BCUT2D eigenvalue weighted by atomic mass is 10.3. The number of aromatic nitrogens is 2. The maximum absolute atomic E-state index is 11.5. The van der Waals surface area contributed by atoms with Crippen LogP contribution in [0.25, 0.3) is 0 Å². The van der Waals surface area contributed by atoms with Crippen LogP contribution in [0.4, 0.5) is 17.2 Å². The van der Waals surface area contributed by atoms with E-state index in [1.165, 1.54) is 6.33 Å². The second-order valence-corrected chi connectivity index (χ2v) is 4.90. The predicted octanol–water partition coefficient (Wildman–Crippen LogP) is 3.93. The molecule has 8 heteroatoms. The number of para-hydroxylation sites is 1. The van der Waals surface area contributed by atoms with E-state index in [9.17, 15) is 10.1 Å². The summed E-state index contributed by atoms with van der Waals surface area (Å²) >= 11 is 0. The highest BCUT2D eigenvalue weighted by atomic mass is 16.6. The topological polar surface area (TPSA) is 99.4 Å². The fraction of sp³-hybridized carbons (Fsp3) is 0.0588. The van der Waals surface area contributed by atoms with Gasteiger partial charge < -0.3 is 14.8 Å². The van der Waals surface area contributed by atoms with E-state index >= 15 is 0 Å². The summed E-state index contributed by atoms with van der Waals surface area (Å²) in [5.74, 6) is 0.947. The molecule has 0 saturated heterocycles. The summed E-state index contributed by atoms with van der Waals surface area (Å²) in [5.41, 5.74) is 0.321. The molecule has 0 aliphatic heterocycles. The van der Waals surface area contributed by atoms with E-state index in [0.29, 0.717) is 17.2 Å². The molecule has 25 heavy (non-hydrogen) atoms. The van der Waals surface area contributed by atoms with Crippen LogP contribution in [0.3, 0.4) is 0 Å². The van der Waals surface area contributed by atoms with Gasteiger partial charge in [0.2, 0.25) is 5.82 Å². The maximum Gasteiger partial charge on any atom is 0.373 e. The molecule has 0 spiro atoms. The Morgan fingerprint density at radius 1 is 1.00 bits per heavy atom. The Kier molecular flexibility index (Phi) is 4.70. The lowest BCUT2D eigenvalue weighted by molar-refractivity contribution is -0.385. The molecule has 2 aromatic carbocycles. The third-order valence-corrected chi connectivity index (χ3v) is 3.28. The average Bonchev–Trinajstić information content (AvgIpc) is 2.63. The zero-order valence-corrected chi connectivity index (χ0v) is 13.2. The minimum absolute atomic E-state index is 0.0507. The standard InChI is InChI=1S/C17H14N4O4/c1-24-13-7-9-14(10-8-13)25-17-15(21(22)23)16(18-11-19-17)20-12-5-3-2-4-6-12/h2-11H,1H3,(H,18,19,20). The largest absolute Gasteiger partial charge is 0.497 e. The van der Waals surface area contributed by atoms with Crippen molar-refractivity contribution >= 4 is 17.2 Å². The number of nitro groups is 1. The van der Waals surface area contributed by atoms with Gasteiger partial charge in [0, 0.05) is 5.69 Å².